The standard InChI is InChI=1S/C12H11ClO/c1-9(13)14-12-7-6-10-4-2-3-5-11(10)8-12/h2-9H,1H3. The average Bonchev–Trinajstić information content (AvgIpc) is 2.17. The zero-order chi connectivity index (χ0) is 9.97. The summed E-state index contributed by atoms with van der Waals surface area (Å²) in [5, 5.41) is 2.38. The van der Waals surface area contributed by atoms with E-state index in [4.69, 9.17) is 16.3 Å². The monoisotopic (exact) mass is 206 g/mol. The second kappa shape index (κ2) is 3.89. The summed E-state index contributed by atoms with van der Waals surface area (Å²) in [5.74, 6) is 0.811. The van der Waals surface area contributed by atoms with Crippen LogP contribution in [0.15, 0.2) is 42.5 Å². The first-order valence-corrected chi connectivity index (χ1v) is 4.99. The van der Waals surface area contributed by atoms with Crippen molar-refractivity contribution in [3.63, 3.8) is 0 Å². The Balaban J connectivity index is 2.41. The zero-order valence-electron chi connectivity index (χ0n) is 7.91. The molecule has 0 aromatic heterocycles. The van der Waals surface area contributed by atoms with Crippen molar-refractivity contribution in [2.45, 2.75) is 12.5 Å². The van der Waals surface area contributed by atoms with Crippen LogP contribution in [0.25, 0.3) is 10.8 Å². The number of ether oxygens (including phenoxy) is 1. The summed E-state index contributed by atoms with van der Waals surface area (Å²) >= 11 is 5.74. The highest BCUT2D eigenvalue weighted by atomic mass is 35.5. The third-order valence-corrected chi connectivity index (χ3v) is 2.11. The molecule has 72 valence electrons. The normalized spacial score (nSPS) is 12.7. The topological polar surface area (TPSA) is 9.23 Å². The molecule has 0 amide bonds. The van der Waals surface area contributed by atoms with Crippen LogP contribution in [0.1, 0.15) is 6.92 Å². The molecule has 0 saturated carbocycles. The molecule has 1 unspecified atom stereocenters. The van der Waals surface area contributed by atoms with Gasteiger partial charge in [0, 0.05) is 0 Å². The van der Waals surface area contributed by atoms with Gasteiger partial charge in [0.1, 0.15) is 5.75 Å². The lowest BCUT2D eigenvalue weighted by Crippen LogP contribution is -2.01. The molecule has 1 nitrogen and oxygen atoms in total. The molecule has 0 saturated heterocycles. The van der Waals surface area contributed by atoms with Crippen LogP contribution in [0, 0.1) is 0 Å². The van der Waals surface area contributed by atoms with Crippen LogP contribution in [0.3, 0.4) is 0 Å². The lowest BCUT2D eigenvalue weighted by molar-refractivity contribution is 0.301. The van der Waals surface area contributed by atoms with Gasteiger partial charge in [-0.2, -0.15) is 0 Å². The quantitative estimate of drug-likeness (QED) is 0.680. The van der Waals surface area contributed by atoms with Crippen molar-refractivity contribution in [3.8, 4) is 5.75 Å². The van der Waals surface area contributed by atoms with E-state index in [1.54, 1.807) is 6.92 Å². The van der Waals surface area contributed by atoms with Gasteiger partial charge in [-0.3, -0.25) is 0 Å². The van der Waals surface area contributed by atoms with E-state index in [0.29, 0.717) is 0 Å². The van der Waals surface area contributed by atoms with Crippen LogP contribution in [-0.2, 0) is 0 Å². The largest absolute Gasteiger partial charge is 0.475 e. The molecule has 0 aliphatic rings. The number of hydrogen-bond donors (Lipinski definition) is 0. The highest BCUT2D eigenvalue weighted by Crippen LogP contribution is 2.21. The molecule has 2 aromatic rings. The van der Waals surface area contributed by atoms with Crippen LogP contribution < -0.4 is 4.74 Å². The first-order chi connectivity index (χ1) is 6.75. The number of rotatable bonds is 2. The van der Waals surface area contributed by atoms with Crippen LogP contribution in [0.2, 0.25) is 0 Å². The molecule has 0 heterocycles. The van der Waals surface area contributed by atoms with Gasteiger partial charge >= 0.3 is 0 Å². The Morgan fingerprint density at radius 2 is 1.79 bits per heavy atom. The first-order valence-electron chi connectivity index (χ1n) is 4.55. The van der Waals surface area contributed by atoms with Gasteiger partial charge in [0.25, 0.3) is 0 Å². The smallest absolute Gasteiger partial charge is 0.169 e. The Labute approximate surface area is 88.3 Å². The van der Waals surface area contributed by atoms with Crippen LogP contribution in [0.4, 0.5) is 0 Å². The van der Waals surface area contributed by atoms with E-state index in [2.05, 4.69) is 12.1 Å². The molecule has 2 rings (SSSR count). The summed E-state index contributed by atoms with van der Waals surface area (Å²) in [4.78, 5) is 0. The second-order valence-corrected chi connectivity index (χ2v) is 3.78. The molecule has 0 bridgehead atoms. The van der Waals surface area contributed by atoms with Crippen molar-refractivity contribution in [3.05, 3.63) is 42.5 Å². The van der Waals surface area contributed by atoms with E-state index < -0.39 is 0 Å². The Kier molecular flexibility index (Phi) is 2.60. The molecule has 0 aliphatic carbocycles. The van der Waals surface area contributed by atoms with Crippen molar-refractivity contribution in [1.82, 2.24) is 0 Å². The number of fused-ring (bicyclic) bond motifs is 1. The van der Waals surface area contributed by atoms with Gasteiger partial charge in [0.15, 0.2) is 5.56 Å². The minimum absolute atomic E-state index is 0.295. The molecule has 0 aliphatic heterocycles. The van der Waals surface area contributed by atoms with Crippen LogP contribution in [0.5, 0.6) is 5.75 Å². The van der Waals surface area contributed by atoms with Gasteiger partial charge in [-0.1, -0.05) is 41.9 Å². The second-order valence-electron chi connectivity index (χ2n) is 3.17. The van der Waals surface area contributed by atoms with Gasteiger partial charge < -0.3 is 4.74 Å². The van der Waals surface area contributed by atoms with Crippen LogP contribution in [-0.4, -0.2) is 5.56 Å². The lowest BCUT2D eigenvalue weighted by atomic mass is 10.1. The van der Waals surface area contributed by atoms with Gasteiger partial charge in [-0.25, -0.2) is 0 Å². The summed E-state index contributed by atoms with van der Waals surface area (Å²) in [6.07, 6.45) is 0. The minimum Gasteiger partial charge on any atom is -0.475 e. The third kappa shape index (κ3) is 1.99. The average molecular weight is 207 g/mol. The SMILES string of the molecule is CC(Cl)Oc1ccc2ccccc2c1. The Bertz CT molecular complexity index is 437. The molecule has 2 aromatic carbocycles. The van der Waals surface area contributed by atoms with Gasteiger partial charge in [-0.15, -0.1) is 0 Å². The number of halogens is 1. The van der Waals surface area contributed by atoms with E-state index in [1.165, 1.54) is 10.8 Å². The summed E-state index contributed by atoms with van der Waals surface area (Å²) in [5.41, 5.74) is -0.295. The maximum absolute atomic E-state index is 5.74. The fourth-order valence-corrected chi connectivity index (χ4v) is 1.53. The lowest BCUT2D eigenvalue weighted by Gasteiger charge is -2.08. The fourth-order valence-electron chi connectivity index (χ4n) is 1.43. The van der Waals surface area contributed by atoms with Crippen molar-refractivity contribution >= 4 is 22.4 Å². The van der Waals surface area contributed by atoms with Gasteiger partial charge in [0.05, 0.1) is 0 Å². The number of benzene rings is 2. The van der Waals surface area contributed by atoms with E-state index in [0.717, 1.165) is 5.75 Å². The van der Waals surface area contributed by atoms with Crippen molar-refractivity contribution < 1.29 is 4.74 Å². The molecular formula is C12H11ClO. The summed E-state index contributed by atoms with van der Waals surface area (Å²) in [6.45, 7) is 1.80. The molecule has 14 heavy (non-hydrogen) atoms. The Morgan fingerprint density at radius 3 is 2.50 bits per heavy atom. The molecule has 0 fully saturated rings. The highest BCUT2D eigenvalue weighted by molar-refractivity contribution is 6.19. The van der Waals surface area contributed by atoms with Crippen molar-refractivity contribution in [2.75, 3.05) is 0 Å². The molecule has 0 N–H and O–H groups in total. The molecule has 0 radical (unpaired) electrons. The van der Waals surface area contributed by atoms with E-state index >= 15 is 0 Å². The maximum Gasteiger partial charge on any atom is 0.169 e. The highest BCUT2D eigenvalue weighted by Gasteiger charge is 1.99. The van der Waals surface area contributed by atoms with E-state index in [9.17, 15) is 0 Å². The predicted octanol–water partition coefficient (Wildman–Crippen LogP) is 3.80. The summed E-state index contributed by atoms with van der Waals surface area (Å²) in [6, 6.07) is 14.1. The van der Waals surface area contributed by atoms with Crippen molar-refractivity contribution in [2.24, 2.45) is 0 Å². The fraction of sp³-hybridized carbons (Fsp3) is 0.167. The first kappa shape index (κ1) is 9.35. The molecular weight excluding hydrogens is 196 g/mol. The summed E-state index contributed by atoms with van der Waals surface area (Å²) in [7, 11) is 0. The maximum atomic E-state index is 5.74. The third-order valence-electron chi connectivity index (χ3n) is 2.02. The van der Waals surface area contributed by atoms with E-state index in [1.807, 2.05) is 30.3 Å². The predicted molar refractivity (Wildman–Crippen MR) is 59.9 cm³/mol. The van der Waals surface area contributed by atoms with E-state index in [-0.39, 0.29) is 5.56 Å². The Morgan fingerprint density at radius 1 is 1.07 bits per heavy atom. The zero-order valence-corrected chi connectivity index (χ0v) is 8.66. The van der Waals surface area contributed by atoms with Gasteiger partial charge in [-0.05, 0) is 29.8 Å². The molecule has 1 atom stereocenters. The molecule has 0 spiro atoms. The van der Waals surface area contributed by atoms with Gasteiger partial charge in [0.2, 0.25) is 0 Å². The summed E-state index contributed by atoms with van der Waals surface area (Å²) < 4.78 is 5.39. The number of hydrogen-bond acceptors (Lipinski definition) is 1. The molecule has 2 heteroatoms. The van der Waals surface area contributed by atoms with Crippen molar-refractivity contribution in [1.29, 1.82) is 0 Å². The minimum atomic E-state index is -0.295. The number of alkyl halides is 1. The van der Waals surface area contributed by atoms with Crippen LogP contribution >= 0.6 is 11.6 Å². The Hall–Kier alpha value is -1.21.